The van der Waals surface area contributed by atoms with E-state index in [-0.39, 0.29) is 6.09 Å². The Morgan fingerprint density at radius 3 is 3.00 bits per heavy atom. The molecule has 1 aliphatic heterocycles. The van der Waals surface area contributed by atoms with E-state index in [1.165, 1.54) is 5.56 Å². The van der Waals surface area contributed by atoms with Crippen LogP contribution in [0.4, 0.5) is 4.79 Å². The van der Waals surface area contributed by atoms with E-state index in [1.54, 1.807) is 11.1 Å². The lowest BCUT2D eigenvalue weighted by atomic mass is 10.2. The fourth-order valence-electron chi connectivity index (χ4n) is 2.23. The summed E-state index contributed by atoms with van der Waals surface area (Å²) in [7, 11) is 0. The maximum Gasteiger partial charge on any atom is 0.410 e. The molecule has 1 fully saturated rings. The number of ether oxygens (including phenoxy) is 1. The van der Waals surface area contributed by atoms with E-state index in [2.05, 4.69) is 26.2 Å². The van der Waals surface area contributed by atoms with Crippen LogP contribution in [0.2, 0.25) is 0 Å². The van der Waals surface area contributed by atoms with Crippen molar-refractivity contribution >= 4 is 22.0 Å². The minimum atomic E-state index is -0.439. The van der Waals surface area contributed by atoms with E-state index in [0.29, 0.717) is 12.6 Å². The number of aromatic nitrogens is 1. The van der Waals surface area contributed by atoms with Crippen LogP contribution in [0.25, 0.3) is 0 Å². The quantitative estimate of drug-likeness (QED) is 0.847. The van der Waals surface area contributed by atoms with Gasteiger partial charge in [0.05, 0.1) is 0 Å². The highest BCUT2D eigenvalue weighted by atomic mass is 79.9. The number of nitrogens with one attached hydrogen (secondary N) is 1. The molecule has 5 nitrogen and oxygen atoms in total. The third kappa shape index (κ3) is 5.28. The van der Waals surface area contributed by atoms with Gasteiger partial charge >= 0.3 is 6.09 Å². The lowest BCUT2D eigenvalue weighted by molar-refractivity contribution is 0.0291. The van der Waals surface area contributed by atoms with Crippen LogP contribution in [0.1, 0.15) is 32.8 Å². The monoisotopic (exact) mass is 355 g/mol. The third-order valence-corrected chi connectivity index (χ3v) is 3.66. The second kappa shape index (κ2) is 6.75. The van der Waals surface area contributed by atoms with Crippen molar-refractivity contribution in [2.45, 2.75) is 45.4 Å². The predicted molar refractivity (Wildman–Crippen MR) is 85.0 cm³/mol. The molecule has 0 unspecified atom stereocenters. The van der Waals surface area contributed by atoms with Crippen LogP contribution >= 0.6 is 15.9 Å². The smallest absolute Gasteiger partial charge is 0.410 e. The van der Waals surface area contributed by atoms with E-state index in [1.807, 2.05) is 32.9 Å². The van der Waals surface area contributed by atoms with Gasteiger partial charge in [-0.1, -0.05) is 0 Å². The molecule has 1 amide bonds. The zero-order valence-electron chi connectivity index (χ0n) is 12.7. The lowest BCUT2D eigenvalue weighted by Gasteiger charge is -2.24. The number of pyridine rings is 1. The Bertz CT molecular complexity index is 502. The number of halogens is 1. The van der Waals surface area contributed by atoms with Crippen LogP contribution < -0.4 is 5.32 Å². The van der Waals surface area contributed by atoms with Gasteiger partial charge in [0.1, 0.15) is 10.2 Å². The molecule has 0 bridgehead atoms. The van der Waals surface area contributed by atoms with Crippen LogP contribution in [0.3, 0.4) is 0 Å². The second-order valence-corrected chi connectivity index (χ2v) is 7.09. The minimum Gasteiger partial charge on any atom is -0.444 e. The lowest BCUT2D eigenvalue weighted by Crippen LogP contribution is -2.38. The van der Waals surface area contributed by atoms with Crippen molar-refractivity contribution in [3.63, 3.8) is 0 Å². The maximum absolute atomic E-state index is 12.0. The molecule has 0 spiro atoms. The number of hydrogen-bond donors (Lipinski definition) is 1. The molecule has 1 atom stereocenters. The van der Waals surface area contributed by atoms with Crippen LogP contribution in [0.15, 0.2) is 22.9 Å². The molecule has 6 heteroatoms. The summed E-state index contributed by atoms with van der Waals surface area (Å²) in [5.74, 6) is 0. The molecule has 0 aromatic carbocycles. The Morgan fingerprint density at radius 2 is 2.33 bits per heavy atom. The Balaban J connectivity index is 1.79. The summed E-state index contributed by atoms with van der Waals surface area (Å²) in [4.78, 5) is 17.9. The molecule has 0 saturated carbocycles. The first-order chi connectivity index (χ1) is 9.83. The highest BCUT2D eigenvalue weighted by Gasteiger charge is 2.29. The Morgan fingerprint density at radius 1 is 1.57 bits per heavy atom. The van der Waals surface area contributed by atoms with Crippen molar-refractivity contribution in [1.82, 2.24) is 15.2 Å². The summed E-state index contributed by atoms with van der Waals surface area (Å²) in [5, 5.41) is 3.47. The van der Waals surface area contributed by atoms with Crippen molar-refractivity contribution in [2.24, 2.45) is 0 Å². The van der Waals surface area contributed by atoms with Gasteiger partial charge in [0.25, 0.3) is 0 Å². The van der Waals surface area contributed by atoms with Crippen LogP contribution in [-0.4, -0.2) is 40.7 Å². The molecule has 1 aromatic heterocycles. The molecular weight excluding hydrogens is 334 g/mol. The fourth-order valence-corrected chi connectivity index (χ4v) is 2.65. The molecule has 116 valence electrons. The summed E-state index contributed by atoms with van der Waals surface area (Å²) in [5.41, 5.74) is 0.735. The van der Waals surface area contributed by atoms with Gasteiger partial charge in [-0.05, 0) is 60.8 Å². The van der Waals surface area contributed by atoms with Gasteiger partial charge in [-0.25, -0.2) is 9.78 Å². The molecule has 2 rings (SSSR count). The summed E-state index contributed by atoms with van der Waals surface area (Å²) >= 11 is 3.36. The maximum atomic E-state index is 12.0. The first kappa shape index (κ1) is 16.2. The van der Waals surface area contributed by atoms with Crippen molar-refractivity contribution in [1.29, 1.82) is 0 Å². The fraction of sp³-hybridized carbons (Fsp3) is 0.600. The molecule has 21 heavy (non-hydrogen) atoms. The number of carbonyl (C=O) groups excluding carboxylic acids is 1. The van der Waals surface area contributed by atoms with E-state index < -0.39 is 5.60 Å². The van der Waals surface area contributed by atoms with Gasteiger partial charge in [0.2, 0.25) is 0 Å². The summed E-state index contributed by atoms with van der Waals surface area (Å²) < 4.78 is 6.23. The topological polar surface area (TPSA) is 54.5 Å². The molecule has 0 radical (unpaired) electrons. The van der Waals surface area contributed by atoms with Crippen LogP contribution in [0, 0.1) is 0 Å². The average molecular weight is 356 g/mol. The van der Waals surface area contributed by atoms with Gasteiger partial charge < -0.3 is 15.0 Å². The summed E-state index contributed by atoms with van der Waals surface area (Å²) in [6, 6.07) is 4.29. The molecule has 1 saturated heterocycles. The molecule has 2 heterocycles. The largest absolute Gasteiger partial charge is 0.444 e. The standard InChI is InChI=1S/C15H22BrN3O2/c1-15(2,3)21-14(20)19-7-5-12(10-19)18-9-11-4-6-17-13(16)8-11/h4,6,8,12,18H,5,7,9-10H2,1-3H3/t12-/m0/s1. The number of amides is 1. The minimum absolute atomic E-state index is 0.224. The van der Waals surface area contributed by atoms with Crippen LogP contribution in [-0.2, 0) is 11.3 Å². The van der Waals surface area contributed by atoms with Gasteiger partial charge in [-0.3, -0.25) is 0 Å². The first-order valence-electron chi connectivity index (χ1n) is 7.15. The highest BCUT2D eigenvalue weighted by molar-refractivity contribution is 9.10. The van der Waals surface area contributed by atoms with Crippen molar-refractivity contribution in [3.05, 3.63) is 28.5 Å². The predicted octanol–water partition coefficient (Wildman–Crippen LogP) is 2.94. The number of rotatable bonds is 3. The summed E-state index contributed by atoms with van der Waals surface area (Å²) in [6.45, 7) is 7.87. The van der Waals surface area contributed by atoms with Gasteiger partial charge in [0, 0.05) is 31.9 Å². The SMILES string of the molecule is CC(C)(C)OC(=O)N1CC[C@H](NCc2ccnc(Br)c2)C1. The van der Waals surface area contributed by atoms with Gasteiger partial charge in [-0.2, -0.15) is 0 Å². The third-order valence-electron chi connectivity index (χ3n) is 3.23. The average Bonchev–Trinajstić information content (AvgIpc) is 2.83. The zero-order chi connectivity index (χ0) is 15.5. The highest BCUT2D eigenvalue weighted by Crippen LogP contribution is 2.16. The Hall–Kier alpha value is -1.14. The normalized spacial score (nSPS) is 18.9. The first-order valence-corrected chi connectivity index (χ1v) is 7.94. The number of carbonyl (C=O) groups is 1. The molecular formula is C15H22BrN3O2. The van der Waals surface area contributed by atoms with Crippen molar-refractivity contribution in [2.75, 3.05) is 13.1 Å². The summed E-state index contributed by atoms with van der Waals surface area (Å²) in [6.07, 6.45) is 2.51. The van der Waals surface area contributed by atoms with E-state index in [4.69, 9.17) is 4.74 Å². The molecule has 1 aromatic rings. The van der Waals surface area contributed by atoms with Gasteiger partial charge in [-0.15, -0.1) is 0 Å². The van der Waals surface area contributed by atoms with E-state index in [0.717, 1.165) is 24.1 Å². The van der Waals surface area contributed by atoms with Crippen molar-refractivity contribution in [3.8, 4) is 0 Å². The molecule has 1 aliphatic rings. The number of likely N-dealkylation sites (tertiary alicyclic amines) is 1. The Kier molecular flexibility index (Phi) is 5.22. The second-order valence-electron chi connectivity index (χ2n) is 6.28. The molecule has 0 aliphatic carbocycles. The van der Waals surface area contributed by atoms with E-state index >= 15 is 0 Å². The number of nitrogens with zero attached hydrogens (tertiary/aromatic N) is 2. The van der Waals surface area contributed by atoms with E-state index in [9.17, 15) is 4.79 Å². The molecule has 1 N–H and O–H groups in total. The van der Waals surface area contributed by atoms with Crippen molar-refractivity contribution < 1.29 is 9.53 Å². The Labute approximate surface area is 134 Å². The van der Waals surface area contributed by atoms with Gasteiger partial charge in [0.15, 0.2) is 0 Å². The van der Waals surface area contributed by atoms with Crippen LogP contribution in [0.5, 0.6) is 0 Å². The number of hydrogen-bond acceptors (Lipinski definition) is 4. The zero-order valence-corrected chi connectivity index (χ0v) is 14.3.